The van der Waals surface area contributed by atoms with Crippen LogP contribution in [0.25, 0.3) is 33.0 Å². The molecule has 180 valence electrons. The van der Waals surface area contributed by atoms with Crippen LogP contribution in [0.5, 0.6) is 5.75 Å². The molecular formula is C28H38N4O2+2. The molecule has 1 aliphatic rings. The molecule has 1 fully saturated rings. The predicted octanol–water partition coefficient (Wildman–Crippen LogP) is 4.55. The van der Waals surface area contributed by atoms with E-state index < -0.39 is 0 Å². The summed E-state index contributed by atoms with van der Waals surface area (Å²) in [7, 11) is 8.67. The first kappa shape index (κ1) is 22.9. The molecule has 0 spiro atoms. The topological polar surface area (TPSA) is 41.5 Å². The van der Waals surface area contributed by atoms with Gasteiger partial charge in [-0.15, -0.1) is 0 Å². The Morgan fingerprint density at radius 3 is 2.62 bits per heavy atom. The second-order valence-corrected chi connectivity index (χ2v) is 10.6. The molecule has 1 N–H and O–H groups in total. The van der Waals surface area contributed by atoms with E-state index >= 15 is 0 Å². The fourth-order valence-electron chi connectivity index (χ4n) is 5.01. The number of nitrogens with one attached hydrogen (secondary N) is 1. The van der Waals surface area contributed by atoms with E-state index in [-0.39, 0.29) is 0 Å². The summed E-state index contributed by atoms with van der Waals surface area (Å²) in [6, 6.07) is 14.8. The summed E-state index contributed by atoms with van der Waals surface area (Å²) in [5.41, 5.74) is 5.18. The van der Waals surface area contributed by atoms with E-state index in [0.29, 0.717) is 6.61 Å². The summed E-state index contributed by atoms with van der Waals surface area (Å²) in [5.74, 6) is 0.886. The average molecular weight is 463 g/mol. The Bertz CT molecular complexity index is 1300. The molecule has 6 heteroatoms. The molecule has 0 aliphatic carbocycles. The quantitative estimate of drug-likeness (QED) is 0.308. The lowest BCUT2D eigenvalue weighted by molar-refractivity contribution is -0.870. The van der Waals surface area contributed by atoms with Gasteiger partial charge in [-0.3, -0.25) is 0 Å². The van der Waals surface area contributed by atoms with Gasteiger partial charge in [-0.1, -0.05) is 18.6 Å². The minimum Gasteiger partial charge on any atom is -0.488 e. The number of benzene rings is 2. The first-order valence-electron chi connectivity index (χ1n) is 12.6. The molecule has 0 unspecified atom stereocenters. The van der Waals surface area contributed by atoms with Crippen molar-refractivity contribution in [2.75, 3.05) is 65.8 Å². The lowest BCUT2D eigenvalue weighted by Crippen LogP contribution is -2.38. The maximum absolute atomic E-state index is 6.47. The van der Waals surface area contributed by atoms with Crippen molar-refractivity contribution in [3.05, 3.63) is 42.5 Å². The summed E-state index contributed by atoms with van der Waals surface area (Å²) < 4.78 is 15.7. The van der Waals surface area contributed by atoms with Crippen LogP contribution in [0.2, 0.25) is 0 Å². The van der Waals surface area contributed by atoms with Gasteiger partial charge in [-0.05, 0) is 50.2 Å². The van der Waals surface area contributed by atoms with Gasteiger partial charge in [-0.25, -0.2) is 0 Å². The van der Waals surface area contributed by atoms with Crippen molar-refractivity contribution in [1.82, 2.24) is 4.90 Å². The predicted molar refractivity (Wildman–Crippen MR) is 140 cm³/mol. The molecule has 0 saturated carbocycles. The SMILES string of the molecule is C[n+]1c2ccccc2c(NCCN2CCCCC2)c2oc3ccc(OCC[N+](C)(C)C)cc3c21. The summed E-state index contributed by atoms with van der Waals surface area (Å²) in [4.78, 5) is 2.57. The minimum absolute atomic E-state index is 0.684. The summed E-state index contributed by atoms with van der Waals surface area (Å²) in [6.07, 6.45) is 4.00. The fourth-order valence-corrected chi connectivity index (χ4v) is 5.01. The number of hydrogen-bond acceptors (Lipinski definition) is 4. The Morgan fingerprint density at radius 1 is 1.03 bits per heavy atom. The van der Waals surface area contributed by atoms with Crippen LogP contribution >= 0.6 is 0 Å². The number of nitrogens with zero attached hydrogens (tertiary/aromatic N) is 3. The monoisotopic (exact) mass is 462 g/mol. The molecule has 2 aromatic carbocycles. The Hall–Kier alpha value is -2.83. The van der Waals surface area contributed by atoms with Gasteiger partial charge >= 0.3 is 0 Å². The van der Waals surface area contributed by atoms with E-state index in [4.69, 9.17) is 9.15 Å². The zero-order chi connectivity index (χ0) is 23.7. The summed E-state index contributed by atoms with van der Waals surface area (Å²) in [5, 5.41) is 6.03. The lowest BCUT2D eigenvalue weighted by atomic mass is 10.1. The molecule has 1 saturated heterocycles. The molecule has 34 heavy (non-hydrogen) atoms. The van der Waals surface area contributed by atoms with Crippen molar-refractivity contribution >= 4 is 38.7 Å². The number of hydrogen-bond donors (Lipinski definition) is 1. The van der Waals surface area contributed by atoms with Gasteiger partial charge in [0.2, 0.25) is 11.1 Å². The highest BCUT2D eigenvalue weighted by molar-refractivity contribution is 6.11. The number of ether oxygens (including phenoxy) is 1. The van der Waals surface area contributed by atoms with E-state index in [9.17, 15) is 0 Å². The Morgan fingerprint density at radius 2 is 1.82 bits per heavy atom. The van der Waals surface area contributed by atoms with E-state index in [1.54, 1.807) is 0 Å². The van der Waals surface area contributed by atoms with E-state index in [1.807, 2.05) is 12.1 Å². The number of aromatic nitrogens is 1. The maximum Gasteiger partial charge on any atom is 0.261 e. The zero-order valence-corrected chi connectivity index (χ0v) is 21.1. The Balaban J connectivity index is 1.52. The van der Waals surface area contributed by atoms with E-state index in [0.717, 1.165) is 57.6 Å². The number of quaternary nitrogens is 1. The molecule has 2 aromatic heterocycles. The van der Waals surface area contributed by atoms with Crippen molar-refractivity contribution in [2.24, 2.45) is 7.05 Å². The number of likely N-dealkylation sites (N-methyl/N-ethyl adjacent to an activating group) is 1. The molecule has 1 aliphatic heterocycles. The molecule has 5 rings (SSSR count). The Labute approximate surface area is 202 Å². The number of piperidine rings is 1. The van der Waals surface area contributed by atoms with Crippen LogP contribution in [0.15, 0.2) is 46.9 Å². The molecular weight excluding hydrogens is 424 g/mol. The highest BCUT2D eigenvalue weighted by Crippen LogP contribution is 2.37. The maximum atomic E-state index is 6.47. The molecule has 0 atom stereocenters. The standard InChI is InChI=1S/C28H37N4O2/c1-30-24-11-7-6-10-22(24)26(29-14-17-31-15-8-5-9-16-31)28-27(30)23-20-21(12-13-25(23)34-28)33-19-18-32(2,3)4/h6-7,10-13,20H,5,8-9,14-19H2,1-4H3/q+1/p+1. The smallest absolute Gasteiger partial charge is 0.261 e. The third-order valence-electron chi connectivity index (χ3n) is 6.94. The van der Waals surface area contributed by atoms with Crippen LogP contribution in [-0.2, 0) is 7.05 Å². The summed E-state index contributed by atoms with van der Waals surface area (Å²) >= 11 is 0. The minimum atomic E-state index is 0.684. The number of fused-ring (bicyclic) bond motifs is 4. The first-order chi connectivity index (χ1) is 16.4. The van der Waals surface area contributed by atoms with Crippen LogP contribution in [0.3, 0.4) is 0 Å². The van der Waals surface area contributed by atoms with Crippen molar-refractivity contribution in [3.8, 4) is 5.75 Å². The van der Waals surface area contributed by atoms with Crippen molar-refractivity contribution < 1.29 is 18.2 Å². The van der Waals surface area contributed by atoms with Crippen LogP contribution < -0.4 is 14.6 Å². The van der Waals surface area contributed by atoms with E-state index in [2.05, 4.69) is 73.3 Å². The van der Waals surface area contributed by atoms with Gasteiger partial charge < -0.3 is 23.9 Å². The molecule has 4 aromatic rings. The van der Waals surface area contributed by atoms with Crippen LogP contribution in [0.4, 0.5) is 5.69 Å². The van der Waals surface area contributed by atoms with Gasteiger partial charge in [0.1, 0.15) is 31.5 Å². The molecule has 6 nitrogen and oxygen atoms in total. The third-order valence-corrected chi connectivity index (χ3v) is 6.94. The first-order valence-corrected chi connectivity index (χ1v) is 12.6. The van der Waals surface area contributed by atoms with E-state index in [1.165, 1.54) is 43.3 Å². The van der Waals surface area contributed by atoms with Crippen molar-refractivity contribution in [3.63, 3.8) is 0 Å². The largest absolute Gasteiger partial charge is 0.488 e. The Kier molecular flexibility index (Phi) is 6.36. The van der Waals surface area contributed by atoms with Gasteiger partial charge in [0.25, 0.3) is 5.52 Å². The molecule has 0 radical (unpaired) electrons. The molecule has 0 amide bonds. The molecule has 0 bridgehead atoms. The number of furan rings is 1. The third kappa shape index (κ3) is 4.70. The average Bonchev–Trinajstić information content (AvgIpc) is 3.20. The number of aryl methyl sites for hydroxylation is 1. The van der Waals surface area contributed by atoms with Crippen LogP contribution in [0, 0.1) is 0 Å². The number of anilines is 1. The van der Waals surface area contributed by atoms with Gasteiger partial charge in [-0.2, -0.15) is 4.57 Å². The summed E-state index contributed by atoms with van der Waals surface area (Å²) in [6.45, 7) is 6.02. The van der Waals surface area contributed by atoms with Gasteiger partial charge in [0, 0.05) is 19.2 Å². The number of likely N-dealkylation sites (tertiary alicyclic amines) is 1. The zero-order valence-electron chi connectivity index (χ0n) is 21.1. The second kappa shape index (κ2) is 9.43. The van der Waals surface area contributed by atoms with Crippen LogP contribution in [-0.4, -0.2) is 69.9 Å². The second-order valence-electron chi connectivity index (χ2n) is 10.6. The normalized spacial score (nSPS) is 15.4. The van der Waals surface area contributed by atoms with Gasteiger partial charge in [0.05, 0.1) is 37.6 Å². The van der Waals surface area contributed by atoms with Crippen molar-refractivity contribution in [2.45, 2.75) is 19.3 Å². The number of para-hydroxylation sites is 1. The highest BCUT2D eigenvalue weighted by Gasteiger charge is 2.25. The van der Waals surface area contributed by atoms with Crippen molar-refractivity contribution in [1.29, 1.82) is 0 Å². The lowest BCUT2D eigenvalue weighted by Gasteiger charge is -2.26. The van der Waals surface area contributed by atoms with Crippen LogP contribution in [0.1, 0.15) is 19.3 Å². The fraction of sp³-hybridized carbons (Fsp3) is 0.464. The molecule has 3 heterocycles. The number of rotatable bonds is 8. The highest BCUT2D eigenvalue weighted by atomic mass is 16.5. The number of pyridine rings is 1. The van der Waals surface area contributed by atoms with Gasteiger partial charge in [0.15, 0.2) is 0 Å².